The van der Waals surface area contributed by atoms with E-state index in [2.05, 4.69) is 36.6 Å². The first-order chi connectivity index (χ1) is 12.1. The molecule has 0 aliphatic heterocycles. The molecule has 0 radical (unpaired) electrons. The summed E-state index contributed by atoms with van der Waals surface area (Å²) in [6, 6.07) is 4.27. The van der Waals surface area contributed by atoms with Crippen LogP contribution < -0.4 is 0 Å². The van der Waals surface area contributed by atoms with Crippen molar-refractivity contribution in [3.8, 4) is 0 Å². The second-order valence-electron chi connectivity index (χ2n) is 8.63. The Morgan fingerprint density at radius 3 is 2.35 bits per heavy atom. The van der Waals surface area contributed by atoms with E-state index in [1.54, 1.807) is 0 Å². The molecule has 0 N–H and O–H groups in total. The molecule has 5 nitrogen and oxygen atoms in total. The Balaban J connectivity index is 1.82. The van der Waals surface area contributed by atoms with Gasteiger partial charge in [0.25, 0.3) is 0 Å². The van der Waals surface area contributed by atoms with E-state index in [0.29, 0.717) is 12.8 Å². The molecule has 2 unspecified atom stereocenters. The Bertz CT molecular complexity index is 735. The number of nitrogens with zero attached hydrogens (tertiary/aromatic N) is 1. The van der Waals surface area contributed by atoms with Crippen molar-refractivity contribution in [3.05, 3.63) is 35.7 Å². The molecule has 0 aromatic carbocycles. The van der Waals surface area contributed by atoms with Crippen LogP contribution in [0.2, 0.25) is 0 Å². The summed E-state index contributed by atoms with van der Waals surface area (Å²) in [5.41, 5.74) is 1.06. The van der Waals surface area contributed by atoms with Gasteiger partial charge in [0.2, 0.25) is 0 Å². The number of allylic oxidation sites excluding steroid dienone is 1. The molecule has 1 heterocycles. The molecule has 0 saturated heterocycles. The van der Waals surface area contributed by atoms with E-state index >= 15 is 0 Å². The number of methoxy groups -OCH3 is 1. The maximum absolute atomic E-state index is 12.7. The van der Waals surface area contributed by atoms with Crippen LogP contribution in [0.1, 0.15) is 51.0 Å². The minimum atomic E-state index is -0.746. The van der Waals surface area contributed by atoms with Crippen LogP contribution in [0, 0.1) is 31.1 Å². The predicted octanol–water partition coefficient (Wildman–Crippen LogP) is 3.74. The van der Waals surface area contributed by atoms with E-state index in [1.807, 2.05) is 26.8 Å². The maximum atomic E-state index is 12.7. The highest BCUT2D eigenvalue weighted by Gasteiger charge is 2.62. The van der Waals surface area contributed by atoms with Gasteiger partial charge in [0.05, 0.1) is 24.5 Å². The van der Waals surface area contributed by atoms with Gasteiger partial charge in [-0.1, -0.05) is 12.2 Å². The van der Waals surface area contributed by atoms with Gasteiger partial charge in [0.1, 0.15) is 5.60 Å². The summed E-state index contributed by atoms with van der Waals surface area (Å²) in [6.07, 6.45) is 5.35. The summed E-state index contributed by atoms with van der Waals surface area (Å²) in [5, 5.41) is 0. The maximum Gasteiger partial charge on any atom is 0.316 e. The number of ether oxygens (including phenoxy) is 2. The Morgan fingerprint density at radius 1 is 1.19 bits per heavy atom. The van der Waals surface area contributed by atoms with Gasteiger partial charge >= 0.3 is 11.9 Å². The molecule has 1 fully saturated rings. The van der Waals surface area contributed by atoms with Crippen LogP contribution >= 0.6 is 0 Å². The van der Waals surface area contributed by atoms with E-state index in [0.717, 1.165) is 11.4 Å². The van der Waals surface area contributed by atoms with E-state index in [1.165, 1.54) is 7.11 Å². The van der Waals surface area contributed by atoms with Gasteiger partial charge < -0.3 is 14.0 Å². The predicted molar refractivity (Wildman–Crippen MR) is 98.6 cm³/mol. The van der Waals surface area contributed by atoms with Crippen molar-refractivity contribution >= 4 is 11.9 Å². The largest absolute Gasteiger partial charge is 0.468 e. The third kappa shape index (κ3) is 3.19. The third-order valence-corrected chi connectivity index (χ3v) is 5.55. The smallest absolute Gasteiger partial charge is 0.316 e. The van der Waals surface area contributed by atoms with E-state index < -0.39 is 11.0 Å². The van der Waals surface area contributed by atoms with Gasteiger partial charge in [-0.15, -0.1) is 0 Å². The summed E-state index contributed by atoms with van der Waals surface area (Å²) in [4.78, 5) is 25.2. The van der Waals surface area contributed by atoms with Gasteiger partial charge in [-0.05, 0) is 65.5 Å². The second kappa shape index (κ2) is 6.29. The minimum absolute atomic E-state index is 0.0535. The fourth-order valence-electron chi connectivity index (χ4n) is 4.32. The molecule has 5 heteroatoms. The molecule has 26 heavy (non-hydrogen) atoms. The van der Waals surface area contributed by atoms with Crippen LogP contribution in [-0.4, -0.2) is 29.2 Å². The first kappa shape index (κ1) is 18.7. The number of hydrogen-bond acceptors (Lipinski definition) is 4. The van der Waals surface area contributed by atoms with Crippen LogP contribution in [-0.2, 0) is 19.1 Å². The Morgan fingerprint density at radius 2 is 1.81 bits per heavy atom. The van der Waals surface area contributed by atoms with Crippen molar-refractivity contribution in [1.82, 2.24) is 4.57 Å². The first-order valence-electron chi connectivity index (χ1n) is 9.24. The lowest BCUT2D eigenvalue weighted by Crippen LogP contribution is -2.34. The van der Waals surface area contributed by atoms with Crippen LogP contribution in [0.5, 0.6) is 0 Å². The number of esters is 2. The summed E-state index contributed by atoms with van der Waals surface area (Å²) >= 11 is 0. The number of carbonyl (C=O) groups is 2. The lowest BCUT2D eigenvalue weighted by Gasteiger charge is -2.28. The molecule has 1 saturated carbocycles. The lowest BCUT2D eigenvalue weighted by molar-refractivity contribution is -0.158. The second-order valence-corrected chi connectivity index (χ2v) is 8.63. The Labute approximate surface area is 155 Å². The van der Waals surface area contributed by atoms with E-state index in [4.69, 9.17) is 9.47 Å². The van der Waals surface area contributed by atoms with Crippen LogP contribution in [0.25, 0.3) is 0 Å². The molecule has 3 rings (SSSR count). The fraction of sp³-hybridized carbons (Fsp3) is 0.619. The summed E-state index contributed by atoms with van der Waals surface area (Å²) in [7, 11) is 1.42. The molecule has 1 aromatic heterocycles. The van der Waals surface area contributed by atoms with Gasteiger partial charge in [-0.2, -0.15) is 0 Å². The SMILES string of the molecule is COC(=O)[C@@]1(C2CC2C(=O)OC(C)(C)C)C=C[C@@H](n2c(C)ccc2C)C1. The molecule has 2 aliphatic rings. The monoisotopic (exact) mass is 359 g/mol. The highest BCUT2D eigenvalue weighted by Crippen LogP contribution is 2.59. The van der Waals surface area contributed by atoms with Crippen molar-refractivity contribution in [3.63, 3.8) is 0 Å². The zero-order chi connectivity index (χ0) is 19.3. The van der Waals surface area contributed by atoms with Crippen molar-refractivity contribution in [1.29, 1.82) is 0 Å². The van der Waals surface area contributed by atoms with Crippen molar-refractivity contribution in [2.75, 3.05) is 7.11 Å². The fourth-order valence-corrected chi connectivity index (χ4v) is 4.32. The van der Waals surface area contributed by atoms with Gasteiger partial charge in [-0.25, -0.2) is 0 Å². The topological polar surface area (TPSA) is 57.5 Å². The standard InChI is InChI=1S/C21H29NO4/c1-13-7-8-14(2)22(13)15-9-10-21(12-15,19(24)25-6)17-11-16(17)18(23)26-20(3,4)5/h7-10,15-17H,11-12H2,1-6H3/t15-,16?,17?,21+/m1/s1. The molecule has 1 aromatic rings. The van der Waals surface area contributed by atoms with E-state index in [9.17, 15) is 9.59 Å². The van der Waals surface area contributed by atoms with Gasteiger partial charge in [-0.3, -0.25) is 9.59 Å². The summed E-state index contributed by atoms with van der Waals surface area (Å²) < 4.78 is 12.9. The van der Waals surface area contributed by atoms with Crippen LogP contribution in [0.3, 0.4) is 0 Å². The molecule has 0 amide bonds. The van der Waals surface area contributed by atoms with Gasteiger partial charge in [0.15, 0.2) is 0 Å². The molecular formula is C21H29NO4. The number of rotatable bonds is 4. The zero-order valence-corrected chi connectivity index (χ0v) is 16.5. The quantitative estimate of drug-likeness (QED) is 0.607. The molecular weight excluding hydrogens is 330 g/mol. The lowest BCUT2D eigenvalue weighted by atomic mass is 9.80. The van der Waals surface area contributed by atoms with Crippen LogP contribution in [0.15, 0.2) is 24.3 Å². The Hall–Kier alpha value is -2.04. The van der Waals surface area contributed by atoms with Crippen molar-refractivity contribution in [2.45, 2.75) is 59.1 Å². The average Bonchev–Trinajstić information content (AvgIpc) is 3.14. The minimum Gasteiger partial charge on any atom is -0.468 e. The molecule has 2 aliphatic carbocycles. The number of aromatic nitrogens is 1. The number of aryl methyl sites for hydroxylation is 2. The molecule has 142 valence electrons. The normalized spacial score (nSPS) is 30.3. The average molecular weight is 359 g/mol. The number of carbonyl (C=O) groups excluding carboxylic acids is 2. The molecule has 0 bridgehead atoms. The number of hydrogen-bond donors (Lipinski definition) is 0. The van der Waals surface area contributed by atoms with Gasteiger partial charge in [0, 0.05) is 11.4 Å². The highest BCUT2D eigenvalue weighted by atomic mass is 16.6. The summed E-state index contributed by atoms with van der Waals surface area (Å²) in [6.45, 7) is 9.73. The van der Waals surface area contributed by atoms with Crippen molar-refractivity contribution in [2.24, 2.45) is 17.3 Å². The molecule has 4 atom stereocenters. The van der Waals surface area contributed by atoms with Crippen LogP contribution in [0.4, 0.5) is 0 Å². The Kier molecular flexibility index (Phi) is 4.53. The van der Waals surface area contributed by atoms with Crippen molar-refractivity contribution < 1.29 is 19.1 Å². The zero-order valence-electron chi connectivity index (χ0n) is 16.5. The third-order valence-electron chi connectivity index (χ3n) is 5.55. The molecule has 0 spiro atoms. The first-order valence-corrected chi connectivity index (χ1v) is 9.24. The highest BCUT2D eigenvalue weighted by molar-refractivity contribution is 5.84. The van der Waals surface area contributed by atoms with E-state index in [-0.39, 0.29) is 29.8 Å². The summed E-state index contributed by atoms with van der Waals surface area (Å²) in [5.74, 6) is -0.753.